The van der Waals surface area contributed by atoms with E-state index in [0.717, 1.165) is 24.0 Å². The van der Waals surface area contributed by atoms with Crippen molar-refractivity contribution in [2.24, 2.45) is 0 Å². The van der Waals surface area contributed by atoms with Gasteiger partial charge in [0.15, 0.2) is 0 Å². The molecule has 1 aromatic carbocycles. The first-order valence-corrected chi connectivity index (χ1v) is 6.89. The Kier molecular flexibility index (Phi) is 3.65. The van der Waals surface area contributed by atoms with E-state index in [4.69, 9.17) is 0 Å². The lowest BCUT2D eigenvalue weighted by atomic mass is 9.83. The van der Waals surface area contributed by atoms with E-state index in [1.807, 2.05) is 41.8 Å². The molecular weight excluding hydrogens is 228 g/mol. The molecule has 1 heterocycles. The lowest BCUT2D eigenvalue weighted by molar-refractivity contribution is 0.0700. The van der Waals surface area contributed by atoms with Gasteiger partial charge in [-0.15, -0.1) is 11.3 Å². The monoisotopic (exact) mass is 246 g/mol. The summed E-state index contributed by atoms with van der Waals surface area (Å²) in [6.07, 6.45) is 1.72. The van der Waals surface area contributed by atoms with Gasteiger partial charge in [0.25, 0.3) is 0 Å². The maximum absolute atomic E-state index is 11.0. The SMILES string of the molecule is CCCC(O)(c1ccccc1)c1ccsc1C. The van der Waals surface area contributed by atoms with Crippen molar-refractivity contribution in [1.82, 2.24) is 0 Å². The van der Waals surface area contributed by atoms with Gasteiger partial charge in [0.2, 0.25) is 0 Å². The molecule has 2 heteroatoms. The highest BCUT2D eigenvalue weighted by molar-refractivity contribution is 7.10. The van der Waals surface area contributed by atoms with Gasteiger partial charge in [-0.25, -0.2) is 0 Å². The number of benzene rings is 1. The fourth-order valence-electron chi connectivity index (χ4n) is 2.32. The summed E-state index contributed by atoms with van der Waals surface area (Å²) in [6.45, 7) is 4.18. The summed E-state index contributed by atoms with van der Waals surface area (Å²) in [5.41, 5.74) is 1.21. The molecule has 0 aliphatic rings. The zero-order chi connectivity index (χ0) is 12.3. The molecule has 0 saturated carbocycles. The Bertz CT molecular complexity index is 475. The standard InChI is InChI=1S/C15H18OS/c1-3-10-15(16,13-7-5-4-6-8-13)14-9-11-17-12(14)2/h4-9,11,16H,3,10H2,1-2H3. The van der Waals surface area contributed by atoms with Crippen molar-refractivity contribution < 1.29 is 5.11 Å². The number of hydrogen-bond donors (Lipinski definition) is 1. The molecule has 0 aliphatic carbocycles. The molecule has 0 aliphatic heterocycles. The van der Waals surface area contributed by atoms with Crippen LogP contribution in [0, 0.1) is 6.92 Å². The van der Waals surface area contributed by atoms with Crippen LogP contribution >= 0.6 is 11.3 Å². The highest BCUT2D eigenvalue weighted by atomic mass is 32.1. The van der Waals surface area contributed by atoms with E-state index in [-0.39, 0.29) is 0 Å². The van der Waals surface area contributed by atoms with E-state index in [1.54, 1.807) is 11.3 Å². The molecule has 2 rings (SSSR count). The summed E-state index contributed by atoms with van der Waals surface area (Å²) < 4.78 is 0. The Hall–Kier alpha value is -1.12. The smallest absolute Gasteiger partial charge is 0.116 e. The van der Waals surface area contributed by atoms with Crippen molar-refractivity contribution >= 4 is 11.3 Å². The van der Waals surface area contributed by atoms with E-state index < -0.39 is 5.60 Å². The zero-order valence-electron chi connectivity index (χ0n) is 10.3. The molecule has 1 unspecified atom stereocenters. The lowest BCUT2D eigenvalue weighted by Crippen LogP contribution is -2.27. The van der Waals surface area contributed by atoms with Crippen molar-refractivity contribution in [2.75, 3.05) is 0 Å². The molecule has 1 aromatic heterocycles. The van der Waals surface area contributed by atoms with Gasteiger partial charge in [0.05, 0.1) is 0 Å². The van der Waals surface area contributed by atoms with E-state index >= 15 is 0 Å². The first kappa shape index (κ1) is 12.3. The predicted molar refractivity (Wildman–Crippen MR) is 73.4 cm³/mol. The second kappa shape index (κ2) is 5.03. The van der Waals surface area contributed by atoms with Gasteiger partial charge in [-0.05, 0) is 30.4 Å². The Labute approximate surface area is 107 Å². The molecule has 0 radical (unpaired) electrons. The second-order valence-corrected chi connectivity index (χ2v) is 5.49. The minimum atomic E-state index is -0.833. The molecule has 0 amide bonds. The van der Waals surface area contributed by atoms with Crippen LogP contribution in [0.25, 0.3) is 0 Å². The largest absolute Gasteiger partial charge is 0.380 e. The topological polar surface area (TPSA) is 20.2 Å². The van der Waals surface area contributed by atoms with Gasteiger partial charge < -0.3 is 5.11 Å². The Morgan fingerprint density at radius 1 is 1.18 bits per heavy atom. The van der Waals surface area contributed by atoms with Crippen molar-refractivity contribution in [3.8, 4) is 0 Å². The van der Waals surface area contributed by atoms with E-state index in [1.165, 1.54) is 4.88 Å². The van der Waals surface area contributed by atoms with E-state index in [9.17, 15) is 5.11 Å². The molecule has 0 spiro atoms. The molecule has 0 saturated heterocycles. The van der Waals surface area contributed by atoms with Crippen molar-refractivity contribution in [3.63, 3.8) is 0 Å². The Morgan fingerprint density at radius 2 is 1.88 bits per heavy atom. The highest BCUT2D eigenvalue weighted by Crippen LogP contribution is 2.37. The third-order valence-electron chi connectivity index (χ3n) is 3.17. The molecule has 0 fully saturated rings. The van der Waals surface area contributed by atoms with Crippen LogP contribution in [0.2, 0.25) is 0 Å². The maximum atomic E-state index is 11.0. The molecule has 1 nitrogen and oxygen atoms in total. The highest BCUT2D eigenvalue weighted by Gasteiger charge is 2.32. The van der Waals surface area contributed by atoms with Gasteiger partial charge in [-0.1, -0.05) is 43.7 Å². The number of aliphatic hydroxyl groups is 1. The average Bonchev–Trinajstić information content (AvgIpc) is 2.77. The molecule has 1 N–H and O–H groups in total. The van der Waals surface area contributed by atoms with Gasteiger partial charge in [0.1, 0.15) is 5.60 Å². The fraction of sp³-hybridized carbons (Fsp3) is 0.333. The van der Waals surface area contributed by atoms with Gasteiger partial charge >= 0.3 is 0 Å². The van der Waals surface area contributed by atoms with Crippen molar-refractivity contribution in [1.29, 1.82) is 0 Å². The number of rotatable bonds is 4. The van der Waals surface area contributed by atoms with Crippen LogP contribution in [0.5, 0.6) is 0 Å². The minimum Gasteiger partial charge on any atom is -0.380 e. The first-order valence-electron chi connectivity index (χ1n) is 6.01. The minimum absolute atomic E-state index is 0.759. The van der Waals surface area contributed by atoms with Crippen LogP contribution in [0.4, 0.5) is 0 Å². The van der Waals surface area contributed by atoms with Crippen molar-refractivity contribution in [2.45, 2.75) is 32.3 Å². The Morgan fingerprint density at radius 3 is 2.41 bits per heavy atom. The fourth-order valence-corrected chi connectivity index (χ4v) is 3.10. The number of thiophene rings is 1. The normalized spacial score (nSPS) is 14.5. The molecule has 17 heavy (non-hydrogen) atoms. The lowest BCUT2D eigenvalue weighted by Gasteiger charge is -2.29. The van der Waals surface area contributed by atoms with Gasteiger partial charge in [0, 0.05) is 10.4 Å². The third-order valence-corrected chi connectivity index (χ3v) is 4.01. The Balaban J connectivity index is 2.50. The molecule has 1 atom stereocenters. The number of aryl methyl sites for hydroxylation is 1. The van der Waals surface area contributed by atoms with Gasteiger partial charge in [-0.2, -0.15) is 0 Å². The summed E-state index contributed by atoms with van der Waals surface area (Å²) in [5.74, 6) is 0. The van der Waals surface area contributed by atoms with Crippen LogP contribution in [0.3, 0.4) is 0 Å². The van der Waals surface area contributed by atoms with Crippen LogP contribution in [-0.2, 0) is 5.60 Å². The summed E-state index contributed by atoms with van der Waals surface area (Å²) in [4.78, 5) is 1.20. The van der Waals surface area contributed by atoms with E-state index in [0.29, 0.717) is 0 Å². The predicted octanol–water partition coefficient (Wildman–Crippen LogP) is 4.09. The second-order valence-electron chi connectivity index (χ2n) is 4.37. The zero-order valence-corrected chi connectivity index (χ0v) is 11.1. The van der Waals surface area contributed by atoms with Crippen LogP contribution in [-0.4, -0.2) is 5.11 Å². The first-order chi connectivity index (χ1) is 8.18. The van der Waals surface area contributed by atoms with Crippen LogP contribution < -0.4 is 0 Å². The molecule has 90 valence electrons. The quantitative estimate of drug-likeness (QED) is 0.861. The summed E-state index contributed by atoms with van der Waals surface area (Å²) >= 11 is 1.69. The van der Waals surface area contributed by atoms with Crippen LogP contribution in [0.1, 0.15) is 35.8 Å². The summed E-state index contributed by atoms with van der Waals surface area (Å²) in [7, 11) is 0. The summed E-state index contributed by atoms with van der Waals surface area (Å²) in [5, 5.41) is 13.1. The van der Waals surface area contributed by atoms with E-state index in [2.05, 4.69) is 13.8 Å². The molecule has 0 bridgehead atoms. The molecule has 2 aromatic rings. The van der Waals surface area contributed by atoms with Crippen LogP contribution in [0.15, 0.2) is 41.8 Å². The number of hydrogen-bond acceptors (Lipinski definition) is 2. The summed E-state index contributed by atoms with van der Waals surface area (Å²) in [6, 6.07) is 12.0. The molecular formula is C15H18OS. The van der Waals surface area contributed by atoms with Gasteiger partial charge in [-0.3, -0.25) is 0 Å². The maximum Gasteiger partial charge on any atom is 0.116 e. The average molecular weight is 246 g/mol. The van der Waals surface area contributed by atoms with Crippen molar-refractivity contribution in [3.05, 3.63) is 57.8 Å². The third kappa shape index (κ3) is 2.28.